The van der Waals surface area contributed by atoms with Crippen LogP contribution in [-0.2, 0) is 6.42 Å². The van der Waals surface area contributed by atoms with Crippen LogP contribution in [0.15, 0.2) is 36.4 Å². The Morgan fingerprint density at radius 3 is 2.50 bits per heavy atom. The lowest BCUT2D eigenvalue weighted by Crippen LogP contribution is -1.95. The molecule has 2 aromatic carbocycles. The fourth-order valence-electron chi connectivity index (χ4n) is 2.72. The Morgan fingerprint density at radius 1 is 1.14 bits per heavy atom. The highest BCUT2D eigenvalue weighted by Crippen LogP contribution is 2.34. The summed E-state index contributed by atoms with van der Waals surface area (Å²) in [6, 6.07) is 11.4. The first kappa shape index (κ1) is 16.0. The lowest BCUT2D eigenvalue weighted by atomic mass is 9.98. The molecule has 0 amide bonds. The van der Waals surface area contributed by atoms with E-state index in [1.165, 1.54) is 29.7 Å². The number of aromatic hydroxyl groups is 1. The van der Waals surface area contributed by atoms with Crippen molar-refractivity contribution < 1.29 is 9.90 Å². The van der Waals surface area contributed by atoms with E-state index in [1.807, 2.05) is 19.9 Å². The maximum atomic E-state index is 11.5. The quantitative estimate of drug-likeness (QED) is 0.789. The van der Waals surface area contributed by atoms with Gasteiger partial charge in [0.05, 0.1) is 0 Å². The molecule has 1 aliphatic carbocycles. The van der Waals surface area contributed by atoms with Gasteiger partial charge >= 0.3 is 0 Å². The van der Waals surface area contributed by atoms with Gasteiger partial charge in [0.15, 0.2) is 5.78 Å². The monoisotopic (exact) mass is 294 g/mol. The highest BCUT2D eigenvalue weighted by molar-refractivity contribution is 5.97. The summed E-state index contributed by atoms with van der Waals surface area (Å²) < 4.78 is 0. The van der Waals surface area contributed by atoms with Crippen LogP contribution in [0.5, 0.6) is 5.75 Å². The summed E-state index contributed by atoms with van der Waals surface area (Å²) in [6.07, 6.45) is 2.99. The Bertz CT molecular complexity index is 739. The van der Waals surface area contributed by atoms with Crippen molar-refractivity contribution in [2.75, 3.05) is 0 Å². The van der Waals surface area contributed by atoms with E-state index in [-0.39, 0.29) is 11.5 Å². The smallest absolute Gasteiger partial charge is 0.159 e. The van der Waals surface area contributed by atoms with Crippen molar-refractivity contribution >= 4 is 17.4 Å². The maximum Gasteiger partial charge on any atom is 0.159 e. The normalized spacial score (nSPS) is 12.1. The number of allylic oxidation sites excluding steroid dienone is 1. The van der Waals surface area contributed by atoms with Crippen LogP contribution >= 0.6 is 0 Å². The number of aryl methyl sites for hydroxylation is 1. The number of ketones is 1. The minimum Gasteiger partial charge on any atom is -0.508 e. The van der Waals surface area contributed by atoms with Crippen LogP contribution in [-0.4, -0.2) is 10.9 Å². The van der Waals surface area contributed by atoms with E-state index in [1.54, 1.807) is 6.07 Å². The van der Waals surface area contributed by atoms with Gasteiger partial charge in [-0.25, -0.2) is 0 Å². The van der Waals surface area contributed by atoms with Crippen LogP contribution in [0.25, 0.3) is 11.6 Å². The maximum absolute atomic E-state index is 11.5. The van der Waals surface area contributed by atoms with Crippen molar-refractivity contribution in [3.8, 4) is 5.75 Å². The van der Waals surface area contributed by atoms with E-state index < -0.39 is 0 Å². The summed E-state index contributed by atoms with van der Waals surface area (Å²) in [6.45, 7) is 7.62. The summed E-state index contributed by atoms with van der Waals surface area (Å²) >= 11 is 0. The number of Topliss-reactive ketones (excluding diaryl/α,β-unsaturated/α-hetero) is 1. The number of phenolic OH excluding ortho intramolecular Hbond substituents is 1. The van der Waals surface area contributed by atoms with Crippen LogP contribution in [0.4, 0.5) is 0 Å². The van der Waals surface area contributed by atoms with Crippen LogP contribution < -0.4 is 0 Å². The molecule has 0 atom stereocenters. The van der Waals surface area contributed by atoms with Crippen molar-refractivity contribution in [3.63, 3.8) is 0 Å². The Morgan fingerprint density at radius 2 is 1.86 bits per heavy atom. The molecule has 0 heterocycles. The van der Waals surface area contributed by atoms with Crippen LogP contribution in [0, 0.1) is 6.92 Å². The fraction of sp³-hybridized carbons (Fsp3) is 0.250. The Labute approximate surface area is 132 Å². The molecule has 0 aromatic heterocycles. The number of rotatable bonds is 2. The number of carbonyl (C=O) groups excluding carboxylic acids is 1. The standard InChI is InChI=1S/C18H16O2.C2H6/c1-11-4-3-5-13-6-16(10-18(11)13)15-7-14(12(2)19)8-17(20)9-15;1-2/h3-9,20H,10H2,1-2H3;1-2H3. The number of benzene rings is 2. The zero-order valence-corrected chi connectivity index (χ0v) is 13.6. The summed E-state index contributed by atoms with van der Waals surface area (Å²) in [4.78, 5) is 11.5. The van der Waals surface area contributed by atoms with Gasteiger partial charge in [0, 0.05) is 5.56 Å². The Hall–Kier alpha value is -2.35. The highest BCUT2D eigenvalue weighted by atomic mass is 16.3. The molecule has 2 heteroatoms. The van der Waals surface area contributed by atoms with Gasteiger partial charge in [-0.2, -0.15) is 0 Å². The zero-order chi connectivity index (χ0) is 16.3. The van der Waals surface area contributed by atoms with Crippen LogP contribution in [0.1, 0.15) is 53.4 Å². The van der Waals surface area contributed by atoms with Gasteiger partial charge in [0.25, 0.3) is 0 Å². The Balaban J connectivity index is 0.000000847. The molecule has 22 heavy (non-hydrogen) atoms. The van der Waals surface area contributed by atoms with Crippen molar-refractivity contribution in [2.24, 2.45) is 0 Å². The van der Waals surface area contributed by atoms with Gasteiger partial charge in [-0.3, -0.25) is 4.79 Å². The molecule has 0 bridgehead atoms. The molecule has 0 unspecified atom stereocenters. The first-order valence-corrected chi connectivity index (χ1v) is 7.69. The van der Waals surface area contributed by atoms with Gasteiger partial charge in [-0.1, -0.05) is 38.1 Å². The average Bonchev–Trinajstić information content (AvgIpc) is 2.94. The van der Waals surface area contributed by atoms with Crippen molar-refractivity contribution in [2.45, 2.75) is 34.1 Å². The summed E-state index contributed by atoms with van der Waals surface area (Å²) in [5.41, 5.74) is 6.45. The summed E-state index contributed by atoms with van der Waals surface area (Å²) in [5.74, 6) is 0.107. The SMILES string of the molecule is CC.CC(=O)c1cc(O)cc(C2=Cc3cccc(C)c3C2)c1. The van der Waals surface area contributed by atoms with Crippen molar-refractivity contribution in [1.29, 1.82) is 0 Å². The second-order valence-electron chi connectivity index (χ2n) is 5.31. The first-order chi connectivity index (χ1) is 10.5. The lowest BCUT2D eigenvalue weighted by Gasteiger charge is -2.07. The largest absolute Gasteiger partial charge is 0.508 e. The fourth-order valence-corrected chi connectivity index (χ4v) is 2.72. The van der Waals surface area contributed by atoms with Crippen molar-refractivity contribution in [3.05, 3.63) is 64.2 Å². The number of fused-ring (bicyclic) bond motifs is 1. The van der Waals surface area contributed by atoms with E-state index in [0.29, 0.717) is 5.56 Å². The van der Waals surface area contributed by atoms with E-state index in [0.717, 1.165) is 17.6 Å². The van der Waals surface area contributed by atoms with Gasteiger partial charge < -0.3 is 5.11 Å². The van der Waals surface area contributed by atoms with Crippen LogP contribution in [0.3, 0.4) is 0 Å². The minimum absolute atomic E-state index is 0.0329. The molecule has 2 aromatic rings. The molecule has 3 rings (SSSR count). The molecule has 114 valence electrons. The third-order valence-electron chi connectivity index (χ3n) is 3.84. The molecular formula is C20H22O2. The predicted octanol–water partition coefficient (Wildman–Crippen LogP) is 5.03. The van der Waals surface area contributed by atoms with E-state index in [9.17, 15) is 9.90 Å². The molecule has 0 saturated heterocycles. The molecule has 0 fully saturated rings. The molecule has 0 aliphatic heterocycles. The minimum atomic E-state index is -0.0329. The third kappa shape index (κ3) is 3.11. The number of carbonyl (C=O) groups is 1. The summed E-state index contributed by atoms with van der Waals surface area (Å²) in [5, 5.41) is 9.80. The second kappa shape index (κ2) is 6.61. The van der Waals surface area contributed by atoms with E-state index in [4.69, 9.17) is 0 Å². The number of hydrogen-bond acceptors (Lipinski definition) is 2. The first-order valence-electron chi connectivity index (χ1n) is 7.69. The second-order valence-corrected chi connectivity index (χ2v) is 5.31. The molecule has 0 spiro atoms. The average molecular weight is 294 g/mol. The third-order valence-corrected chi connectivity index (χ3v) is 3.84. The number of phenols is 1. The zero-order valence-electron chi connectivity index (χ0n) is 13.6. The van der Waals surface area contributed by atoms with Gasteiger partial charge in [0.1, 0.15) is 5.75 Å². The predicted molar refractivity (Wildman–Crippen MR) is 92.2 cm³/mol. The topological polar surface area (TPSA) is 37.3 Å². The molecular weight excluding hydrogens is 272 g/mol. The molecule has 1 N–H and O–H groups in total. The van der Waals surface area contributed by atoms with Gasteiger partial charge in [0.2, 0.25) is 0 Å². The van der Waals surface area contributed by atoms with E-state index in [2.05, 4.69) is 31.2 Å². The summed E-state index contributed by atoms with van der Waals surface area (Å²) in [7, 11) is 0. The van der Waals surface area contributed by atoms with Crippen molar-refractivity contribution in [1.82, 2.24) is 0 Å². The molecule has 2 nitrogen and oxygen atoms in total. The van der Waals surface area contributed by atoms with E-state index >= 15 is 0 Å². The lowest BCUT2D eigenvalue weighted by molar-refractivity contribution is 0.101. The Kier molecular flexibility index (Phi) is 4.81. The van der Waals surface area contributed by atoms with Crippen LogP contribution in [0.2, 0.25) is 0 Å². The van der Waals surface area contributed by atoms with Gasteiger partial charge in [-0.05, 0) is 66.3 Å². The number of hydrogen-bond donors (Lipinski definition) is 1. The molecule has 0 saturated carbocycles. The highest BCUT2D eigenvalue weighted by Gasteiger charge is 2.17. The van der Waals surface area contributed by atoms with Gasteiger partial charge in [-0.15, -0.1) is 0 Å². The molecule has 0 radical (unpaired) electrons. The molecule has 1 aliphatic rings.